The molecule has 0 radical (unpaired) electrons. The van der Waals surface area contributed by atoms with Crippen molar-refractivity contribution in [1.29, 1.82) is 0 Å². The summed E-state index contributed by atoms with van der Waals surface area (Å²) in [4.78, 5) is 2.36. The second kappa shape index (κ2) is 10.0. The first-order valence-corrected chi connectivity index (χ1v) is 14.1. The number of para-hydroxylation sites is 2. The fourth-order valence-electron chi connectivity index (χ4n) is 6.51. The average molecular weight is 514 g/mol. The van der Waals surface area contributed by atoms with Crippen LogP contribution in [-0.2, 0) is 11.8 Å². The molecule has 0 aliphatic heterocycles. The van der Waals surface area contributed by atoms with E-state index in [2.05, 4.69) is 170 Å². The first-order chi connectivity index (χ1) is 19.8. The van der Waals surface area contributed by atoms with E-state index in [9.17, 15) is 0 Å². The Hall–Kier alpha value is -4.88. The van der Waals surface area contributed by atoms with Crippen LogP contribution in [0.15, 0.2) is 158 Å². The highest BCUT2D eigenvalue weighted by Crippen LogP contribution is 2.57. The zero-order valence-electron chi connectivity index (χ0n) is 22.7. The van der Waals surface area contributed by atoms with E-state index in [1.54, 1.807) is 0 Å². The Morgan fingerprint density at radius 3 is 1.70 bits per heavy atom. The quantitative estimate of drug-likeness (QED) is 0.214. The number of nitrogens with zero attached hydrogens (tertiary/aromatic N) is 1. The Labute approximate surface area is 237 Å². The predicted octanol–water partition coefficient (Wildman–Crippen LogP) is 10.1. The first kappa shape index (κ1) is 24.2. The lowest BCUT2D eigenvalue weighted by atomic mass is 9.67. The molecule has 0 saturated carbocycles. The summed E-state index contributed by atoms with van der Waals surface area (Å²) in [5, 5.41) is 0. The van der Waals surface area contributed by atoms with Gasteiger partial charge in [0.25, 0.3) is 0 Å². The summed E-state index contributed by atoms with van der Waals surface area (Å²) >= 11 is 0. The molecule has 0 amide bonds. The van der Waals surface area contributed by atoms with E-state index in [4.69, 9.17) is 0 Å². The molecule has 6 aromatic carbocycles. The zero-order chi connectivity index (χ0) is 26.9. The van der Waals surface area contributed by atoms with Gasteiger partial charge in [-0.15, -0.1) is 0 Å². The van der Waals surface area contributed by atoms with Crippen LogP contribution in [0.3, 0.4) is 0 Å². The average Bonchev–Trinajstić information content (AvgIpc) is 3.33. The Bertz CT molecular complexity index is 1730. The first-order valence-electron chi connectivity index (χ1n) is 14.1. The molecule has 6 aromatic rings. The van der Waals surface area contributed by atoms with E-state index in [0.29, 0.717) is 0 Å². The van der Waals surface area contributed by atoms with Gasteiger partial charge in [0.05, 0.1) is 5.41 Å². The molecule has 0 aromatic heterocycles. The van der Waals surface area contributed by atoms with Crippen LogP contribution >= 0.6 is 0 Å². The molecule has 1 unspecified atom stereocenters. The molecule has 1 heteroatoms. The maximum atomic E-state index is 2.43. The minimum atomic E-state index is -0.423. The monoisotopic (exact) mass is 513 g/mol. The molecule has 0 N–H and O–H groups in total. The van der Waals surface area contributed by atoms with Crippen LogP contribution < -0.4 is 4.90 Å². The van der Waals surface area contributed by atoms with Gasteiger partial charge in [0.15, 0.2) is 0 Å². The molecule has 0 fully saturated rings. The SMILES string of the molecule is CCc1cccc(C2(c3ccccc3)c3ccccc3-c3ccc(N(c4ccccc4)c4ccccc4)cc32)c1. The number of fused-ring (bicyclic) bond motifs is 3. The summed E-state index contributed by atoms with van der Waals surface area (Å²) < 4.78 is 0. The van der Waals surface area contributed by atoms with Crippen LogP contribution in [-0.4, -0.2) is 0 Å². The smallest absolute Gasteiger partial charge is 0.0714 e. The highest BCUT2D eigenvalue weighted by atomic mass is 15.1. The third-order valence-corrected chi connectivity index (χ3v) is 8.29. The standard InChI is InChI=1S/C39H31N/c1-2-29-15-14-18-31(27-29)39(30-16-6-3-7-17-30)37-24-13-12-23-35(37)36-26-25-34(28-38(36)39)40(32-19-8-4-9-20-32)33-21-10-5-11-22-33/h3-28H,2H2,1H3. The van der Waals surface area contributed by atoms with Crippen molar-refractivity contribution in [3.8, 4) is 11.1 Å². The van der Waals surface area contributed by atoms with Crippen molar-refractivity contribution < 1.29 is 0 Å². The predicted molar refractivity (Wildman–Crippen MR) is 168 cm³/mol. The maximum absolute atomic E-state index is 2.43. The van der Waals surface area contributed by atoms with Gasteiger partial charge in [-0.1, -0.05) is 128 Å². The molecule has 1 aliphatic rings. The number of benzene rings is 6. The highest BCUT2D eigenvalue weighted by Gasteiger charge is 2.46. The molecule has 192 valence electrons. The molecular formula is C39H31N. The number of rotatable bonds is 6. The summed E-state index contributed by atoms with van der Waals surface area (Å²) in [5.74, 6) is 0. The summed E-state index contributed by atoms with van der Waals surface area (Å²) in [6.45, 7) is 2.24. The van der Waals surface area contributed by atoms with E-state index in [-0.39, 0.29) is 0 Å². The summed E-state index contributed by atoms with van der Waals surface area (Å²) in [7, 11) is 0. The van der Waals surface area contributed by atoms with Crippen molar-refractivity contribution in [1.82, 2.24) is 0 Å². The highest BCUT2D eigenvalue weighted by molar-refractivity contribution is 5.89. The van der Waals surface area contributed by atoms with E-state index >= 15 is 0 Å². The number of hydrogen-bond donors (Lipinski definition) is 0. The molecule has 1 aliphatic carbocycles. The van der Waals surface area contributed by atoms with Gasteiger partial charge in [-0.25, -0.2) is 0 Å². The van der Waals surface area contributed by atoms with Gasteiger partial charge in [0.1, 0.15) is 0 Å². The topological polar surface area (TPSA) is 3.24 Å². The van der Waals surface area contributed by atoms with Crippen molar-refractivity contribution in [2.45, 2.75) is 18.8 Å². The number of hydrogen-bond acceptors (Lipinski definition) is 1. The molecule has 1 atom stereocenters. The van der Waals surface area contributed by atoms with Crippen LogP contribution in [0.25, 0.3) is 11.1 Å². The van der Waals surface area contributed by atoms with Crippen LogP contribution in [0, 0.1) is 0 Å². The molecule has 0 saturated heterocycles. The van der Waals surface area contributed by atoms with Crippen molar-refractivity contribution in [3.05, 3.63) is 186 Å². The Morgan fingerprint density at radius 2 is 1.02 bits per heavy atom. The van der Waals surface area contributed by atoms with Gasteiger partial charge in [0, 0.05) is 17.1 Å². The van der Waals surface area contributed by atoms with Gasteiger partial charge in [-0.2, -0.15) is 0 Å². The van der Waals surface area contributed by atoms with Crippen molar-refractivity contribution in [2.75, 3.05) is 4.90 Å². The van der Waals surface area contributed by atoms with E-state index in [1.165, 1.54) is 38.9 Å². The van der Waals surface area contributed by atoms with Crippen molar-refractivity contribution >= 4 is 17.1 Å². The second-order valence-electron chi connectivity index (χ2n) is 10.5. The molecular weight excluding hydrogens is 482 g/mol. The lowest BCUT2D eigenvalue weighted by molar-refractivity contribution is 0.766. The fraction of sp³-hybridized carbons (Fsp3) is 0.0769. The summed E-state index contributed by atoms with van der Waals surface area (Å²) in [5.41, 5.74) is 12.2. The van der Waals surface area contributed by atoms with Crippen molar-refractivity contribution in [3.63, 3.8) is 0 Å². The van der Waals surface area contributed by atoms with Crippen molar-refractivity contribution in [2.24, 2.45) is 0 Å². The Morgan fingerprint density at radius 1 is 0.450 bits per heavy atom. The molecule has 0 bridgehead atoms. The zero-order valence-corrected chi connectivity index (χ0v) is 22.7. The van der Waals surface area contributed by atoms with Crippen LogP contribution in [0.2, 0.25) is 0 Å². The van der Waals surface area contributed by atoms with E-state index in [1.807, 2.05) is 0 Å². The largest absolute Gasteiger partial charge is 0.310 e. The van der Waals surface area contributed by atoms with Gasteiger partial charge < -0.3 is 4.90 Å². The van der Waals surface area contributed by atoms with Gasteiger partial charge in [-0.05, 0) is 81.8 Å². The van der Waals surface area contributed by atoms with Crippen LogP contribution in [0.5, 0.6) is 0 Å². The molecule has 0 heterocycles. The van der Waals surface area contributed by atoms with Crippen LogP contribution in [0.1, 0.15) is 34.7 Å². The third-order valence-electron chi connectivity index (χ3n) is 8.29. The van der Waals surface area contributed by atoms with E-state index in [0.717, 1.165) is 23.5 Å². The van der Waals surface area contributed by atoms with E-state index < -0.39 is 5.41 Å². The Kier molecular flexibility index (Phi) is 6.06. The number of aryl methyl sites for hydroxylation is 1. The summed E-state index contributed by atoms with van der Waals surface area (Å²) in [6, 6.07) is 57.6. The number of anilines is 3. The lowest BCUT2D eigenvalue weighted by Gasteiger charge is -2.35. The molecule has 40 heavy (non-hydrogen) atoms. The molecule has 1 nitrogen and oxygen atoms in total. The minimum absolute atomic E-state index is 0.423. The minimum Gasteiger partial charge on any atom is -0.310 e. The van der Waals surface area contributed by atoms with Crippen LogP contribution in [0.4, 0.5) is 17.1 Å². The molecule has 0 spiro atoms. The molecule has 7 rings (SSSR count). The third kappa shape index (κ3) is 3.78. The van der Waals surface area contributed by atoms with Gasteiger partial charge >= 0.3 is 0 Å². The fourth-order valence-corrected chi connectivity index (χ4v) is 6.51. The van der Waals surface area contributed by atoms with Gasteiger partial charge in [-0.3, -0.25) is 0 Å². The Balaban J connectivity index is 1.56. The lowest BCUT2D eigenvalue weighted by Crippen LogP contribution is -2.29. The maximum Gasteiger partial charge on any atom is 0.0714 e. The normalized spacial score (nSPS) is 15.3. The second-order valence-corrected chi connectivity index (χ2v) is 10.5. The van der Waals surface area contributed by atoms with Gasteiger partial charge in [0.2, 0.25) is 0 Å². The summed E-state index contributed by atoms with van der Waals surface area (Å²) in [6.07, 6.45) is 1.00.